The summed E-state index contributed by atoms with van der Waals surface area (Å²) in [5.41, 5.74) is 5.52. The number of unbranched alkanes of at least 4 members (excludes halogenated alkanes) is 10. The van der Waals surface area contributed by atoms with Crippen molar-refractivity contribution in [3.63, 3.8) is 0 Å². The molecule has 0 amide bonds. The molecule has 6 rings (SSSR count). The topological polar surface area (TPSA) is 15.8 Å². The van der Waals surface area contributed by atoms with Crippen molar-refractivity contribution in [2.75, 3.05) is 0 Å². The highest BCUT2D eigenvalue weighted by atomic mass is 32.1. The molecule has 0 unspecified atom stereocenters. The van der Waals surface area contributed by atoms with Gasteiger partial charge in [-0.1, -0.05) is 127 Å². The van der Waals surface area contributed by atoms with Gasteiger partial charge in [0.1, 0.15) is 0 Å². The van der Waals surface area contributed by atoms with Gasteiger partial charge in [-0.15, -0.1) is 11.3 Å². The molecule has 2 heterocycles. The monoisotopic (exact) mass is 547 g/mol. The largest absolute Gasteiger partial charge is 0.354 e. The lowest BCUT2D eigenvalue weighted by molar-refractivity contribution is 0.607. The highest BCUT2D eigenvalue weighted by Crippen LogP contribution is 2.41. The minimum Gasteiger partial charge on any atom is -0.354 e. The van der Waals surface area contributed by atoms with Gasteiger partial charge >= 0.3 is 0 Å². The Morgan fingerprint density at radius 1 is 0.500 bits per heavy atom. The Kier molecular flexibility index (Phi) is 8.73. The van der Waals surface area contributed by atoms with E-state index in [2.05, 4.69) is 79.5 Å². The molecular weight excluding hydrogens is 502 g/mol. The lowest BCUT2D eigenvalue weighted by atomic mass is 10.0. The molecule has 0 fully saturated rings. The second-order valence-electron chi connectivity index (χ2n) is 12.0. The molecule has 0 spiro atoms. The second kappa shape index (κ2) is 12.8. The summed E-state index contributed by atoms with van der Waals surface area (Å²) in [6.07, 6.45) is 18.6. The fraction of sp³-hybridized carbons (Fsp3) is 0.421. The van der Waals surface area contributed by atoms with Crippen LogP contribution >= 0.6 is 11.3 Å². The molecule has 0 aliphatic carbocycles. The minimum absolute atomic E-state index is 1.18. The fourth-order valence-corrected chi connectivity index (χ4v) is 7.93. The molecule has 0 atom stereocenters. The number of hydrogen-bond donors (Lipinski definition) is 1. The van der Waals surface area contributed by atoms with Gasteiger partial charge in [0.15, 0.2) is 0 Å². The molecule has 2 heteroatoms. The van der Waals surface area contributed by atoms with Crippen LogP contribution in [-0.2, 0) is 12.8 Å². The molecule has 0 saturated heterocycles. The Bertz CT molecular complexity index is 1600. The number of aryl methyl sites for hydroxylation is 2. The Balaban J connectivity index is 1.26. The summed E-state index contributed by atoms with van der Waals surface area (Å²) in [4.78, 5) is 3.83. The van der Waals surface area contributed by atoms with E-state index in [1.54, 1.807) is 0 Å². The average Bonchev–Trinajstić information content (AvgIpc) is 3.54. The maximum Gasteiger partial charge on any atom is 0.0545 e. The second-order valence-corrected chi connectivity index (χ2v) is 13.1. The van der Waals surface area contributed by atoms with E-state index < -0.39 is 0 Å². The average molecular weight is 548 g/mol. The van der Waals surface area contributed by atoms with Crippen molar-refractivity contribution in [3.8, 4) is 0 Å². The summed E-state index contributed by atoms with van der Waals surface area (Å²) < 4.78 is 2.86. The number of nitrogens with one attached hydrogen (secondary N) is 1. The molecule has 0 saturated carbocycles. The first-order chi connectivity index (χ1) is 19.8. The van der Waals surface area contributed by atoms with Crippen molar-refractivity contribution >= 4 is 64.1 Å². The lowest BCUT2D eigenvalue weighted by Gasteiger charge is -2.03. The van der Waals surface area contributed by atoms with Crippen LogP contribution in [0.3, 0.4) is 0 Å². The van der Waals surface area contributed by atoms with Crippen LogP contribution in [0.1, 0.15) is 102 Å². The van der Waals surface area contributed by atoms with Gasteiger partial charge in [0.25, 0.3) is 0 Å². The summed E-state index contributed by atoms with van der Waals surface area (Å²) >= 11 is 1.98. The first-order valence-electron chi connectivity index (χ1n) is 16.1. The summed E-state index contributed by atoms with van der Waals surface area (Å²) in [6, 6.07) is 23.7. The van der Waals surface area contributed by atoms with E-state index in [0.29, 0.717) is 0 Å². The van der Waals surface area contributed by atoms with E-state index in [1.807, 2.05) is 11.3 Å². The van der Waals surface area contributed by atoms with Gasteiger partial charge in [0, 0.05) is 47.2 Å². The Hall–Kier alpha value is -2.84. The number of aromatic nitrogens is 1. The molecular formula is C38H45NS. The van der Waals surface area contributed by atoms with Gasteiger partial charge in [-0.3, -0.25) is 0 Å². The highest BCUT2D eigenvalue weighted by molar-refractivity contribution is 7.26. The van der Waals surface area contributed by atoms with Crippen molar-refractivity contribution in [1.82, 2.24) is 4.98 Å². The highest BCUT2D eigenvalue weighted by Gasteiger charge is 2.13. The first-order valence-corrected chi connectivity index (χ1v) is 16.9. The van der Waals surface area contributed by atoms with Crippen molar-refractivity contribution in [1.29, 1.82) is 0 Å². The quantitative estimate of drug-likeness (QED) is 0.131. The summed E-state index contributed by atoms with van der Waals surface area (Å²) in [5, 5.41) is 8.22. The van der Waals surface area contributed by atoms with Crippen LogP contribution in [0.5, 0.6) is 0 Å². The van der Waals surface area contributed by atoms with Crippen molar-refractivity contribution in [2.24, 2.45) is 0 Å². The van der Waals surface area contributed by atoms with Gasteiger partial charge in [0.2, 0.25) is 0 Å². The fourth-order valence-electron chi connectivity index (χ4n) is 6.64. The zero-order chi connectivity index (χ0) is 27.3. The van der Waals surface area contributed by atoms with Crippen LogP contribution in [0.25, 0.3) is 52.8 Å². The zero-order valence-electron chi connectivity index (χ0n) is 24.6. The third-order valence-corrected chi connectivity index (χ3v) is 10.2. The van der Waals surface area contributed by atoms with Crippen LogP contribution in [0.4, 0.5) is 0 Å². The number of fused-ring (bicyclic) bond motifs is 9. The van der Waals surface area contributed by atoms with Gasteiger partial charge < -0.3 is 4.98 Å². The zero-order valence-corrected chi connectivity index (χ0v) is 25.4. The first kappa shape index (κ1) is 27.3. The maximum atomic E-state index is 3.83. The number of hydrogen-bond acceptors (Lipinski definition) is 1. The summed E-state index contributed by atoms with van der Waals surface area (Å²) in [6.45, 7) is 4.58. The number of aromatic amines is 1. The number of rotatable bonds is 14. The van der Waals surface area contributed by atoms with Crippen LogP contribution in [0.15, 0.2) is 60.7 Å². The predicted molar refractivity (Wildman–Crippen MR) is 180 cm³/mol. The minimum atomic E-state index is 1.18. The van der Waals surface area contributed by atoms with Crippen molar-refractivity contribution in [3.05, 3.63) is 71.8 Å². The molecule has 208 valence electrons. The SMILES string of the molecule is CCCCCCCCc1ccc2c(c1)[nH]c1c2ccc2c1ccc1c3ccc(CCCCCCCC)cc3sc12. The predicted octanol–water partition coefficient (Wildman–Crippen LogP) is 12.6. The molecule has 6 aromatic rings. The lowest BCUT2D eigenvalue weighted by Crippen LogP contribution is -1.86. The van der Waals surface area contributed by atoms with Crippen LogP contribution < -0.4 is 0 Å². The molecule has 1 N–H and O–H groups in total. The van der Waals surface area contributed by atoms with E-state index in [9.17, 15) is 0 Å². The van der Waals surface area contributed by atoms with Crippen LogP contribution in [0, 0.1) is 0 Å². The van der Waals surface area contributed by atoms with Gasteiger partial charge in [-0.05, 0) is 48.9 Å². The van der Waals surface area contributed by atoms with E-state index in [1.165, 1.54) is 154 Å². The summed E-state index contributed by atoms with van der Waals surface area (Å²) in [7, 11) is 0. The van der Waals surface area contributed by atoms with Crippen LogP contribution in [-0.4, -0.2) is 4.98 Å². The molecule has 0 aliphatic heterocycles. The van der Waals surface area contributed by atoms with E-state index in [-0.39, 0.29) is 0 Å². The maximum absolute atomic E-state index is 3.83. The smallest absolute Gasteiger partial charge is 0.0545 e. The van der Waals surface area contributed by atoms with E-state index >= 15 is 0 Å². The molecule has 0 radical (unpaired) electrons. The van der Waals surface area contributed by atoms with Gasteiger partial charge in [0.05, 0.1) is 5.52 Å². The molecule has 2 aromatic heterocycles. The molecule has 0 bridgehead atoms. The molecule has 4 aromatic carbocycles. The number of benzene rings is 4. The van der Waals surface area contributed by atoms with Gasteiger partial charge in [-0.2, -0.15) is 0 Å². The third-order valence-electron chi connectivity index (χ3n) is 8.97. The standard InChI is InChI=1S/C38H45NS/c1-3-5-7-9-11-13-15-27-17-19-29-31-21-24-34-32(37(31)39-35(29)25-27)22-23-33-30-20-18-28(26-36(30)40-38(33)34)16-14-12-10-8-6-4-2/h17-26,39H,3-16H2,1-2H3. The number of thiophene rings is 1. The van der Waals surface area contributed by atoms with Gasteiger partial charge in [-0.25, -0.2) is 0 Å². The molecule has 1 nitrogen and oxygen atoms in total. The van der Waals surface area contributed by atoms with E-state index in [4.69, 9.17) is 0 Å². The Morgan fingerprint density at radius 2 is 1.00 bits per heavy atom. The third kappa shape index (κ3) is 5.66. The molecule has 0 aliphatic rings. The molecule has 40 heavy (non-hydrogen) atoms. The Morgan fingerprint density at radius 3 is 1.68 bits per heavy atom. The van der Waals surface area contributed by atoms with E-state index in [0.717, 1.165) is 0 Å². The number of H-pyrrole nitrogens is 1. The summed E-state index contributed by atoms with van der Waals surface area (Å²) in [5.74, 6) is 0. The van der Waals surface area contributed by atoms with Crippen LogP contribution in [0.2, 0.25) is 0 Å². The van der Waals surface area contributed by atoms with Crippen molar-refractivity contribution < 1.29 is 0 Å². The van der Waals surface area contributed by atoms with Crippen molar-refractivity contribution in [2.45, 2.75) is 104 Å². The Labute approximate surface area is 244 Å². The normalized spacial score (nSPS) is 12.2.